The molecule has 2 N–H and O–H groups in total. The number of rotatable bonds is 2. The van der Waals surface area contributed by atoms with Crippen molar-refractivity contribution in [3.8, 4) is 0 Å². The molecule has 0 radical (unpaired) electrons. The first-order valence-corrected chi connectivity index (χ1v) is 8.62. The van der Waals surface area contributed by atoms with Crippen LogP contribution in [0.5, 0.6) is 0 Å². The molecule has 0 spiro atoms. The van der Waals surface area contributed by atoms with Gasteiger partial charge in [0.1, 0.15) is 5.84 Å². The Bertz CT molecular complexity index is 564. The van der Waals surface area contributed by atoms with Crippen molar-refractivity contribution in [2.45, 2.75) is 45.1 Å². The fourth-order valence-electron chi connectivity index (χ4n) is 5.59. The average molecular weight is 295 g/mol. The molecular formula is C19H25N3. The summed E-state index contributed by atoms with van der Waals surface area (Å²) < 4.78 is 0. The quantitative estimate of drug-likeness (QED) is 0.625. The molecule has 0 amide bonds. The van der Waals surface area contributed by atoms with Crippen LogP contribution >= 0.6 is 0 Å². The predicted octanol–water partition coefficient (Wildman–Crippen LogP) is 4.14. The van der Waals surface area contributed by atoms with Crippen molar-refractivity contribution < 1.29 is 0 Å². The minimum Gasteiger partial charge on any atom is -0.312 e. The Morgan fingerprint density at radius 3 is 1.95 bits per heavy atom. The number of hydrogen-bond acceptors (Lipinski definition) is 2. The van der Waals surface area contributed by atoms with Crippen LogP contribution in [0.4, 0.5) is 0 Å². The molecule has 22 heavy (non-hydrogen) atoms. The maximum atomic E-state index is 8.68. The minimum atomic E-state index is 0.387. The minimum absolute atomic E-state index is 0.387. The van der Waals surface area contributed by atoms with Gasteiger partial charge in [-0.3, -0.25) is 10.8 Å². The van der Waals surface area contributed by atoms with E-state index in [9.17, 15) is 0 Å². The zero-order valence-corrected chi connectivity index (χ0v) is 13.3. The van der Waals surface area contributed by atoms with Gasteiger partial charge in [-0.15, -0.1) is 0 Å². The van der Waals surface area contributed by atoms with Crippen LogP contribution in [0.1, 0.15) is 44.6 Å². The Morgan fingerprint density at radius 1 is 0.909 bits per heavy atom. The number of benzene rings is 1. The van der Waals surface area contributed by atoms with Crippen LogP contribution < -0.4 is 0 Å². The molecule has 0 aromatic heterocycles. The molecule has 4 aliphatic carbocycles. The maximum Gasteiger partial charge on any atom is 0.133 e. The van der Waals surface area contributed by atoms with Gasteiger partial charge in [0.25, 0.3) is 0 Å². The molecule has 0 unspecified atom stereocenters. The molecule has 5 rings (SSSR count). The Labute approximate surface area is 132 Å². The Balaban J connectivity index is 1.65. The molecular weight excluding hydrogens is 270 g/mol. The van der Waals surface area contributed by atoms with E-state index in [4.69, 9.17) is 10.8 Å². The molecule has 4 fully saturated rings. The standard InChI is InChI=1S/C19H25N3/c1-12(20)22(19(21)15-5-3-2-4-6-15)18-16-8-13-7-14(10-16)11-17(18)9-13/h2-6,13-14,16-18,20-21H,7-11H2,1H3/t13-,14+,16-,17+,18?. The van der Waals surface area contributed by atoms with Gasteiger partial charge in [-0.1, -0.05) is 30.3 Å². The summed E-state index contributed by atoms with van der Waals surface area (Å²) in [4.78, 5) is 2.04. The number of nitrogens with zero attached hydrogens (tertiary/aromatic N) is 1. The van der Waals surface area contributed by atoms with E-state index in [1.165, 1.54) is 32.1 Å². The summed E-state index contributed by atoms with van der Waals surface area (Å²) in [5.41, 5.74) is 0.933. The molecule has 4 saturated carbocycles. The first-order chi connectivity index (χ1) is 10.6. The fraction of sp³-hybridized carbons (Fsp3) is 0.579. The lowest BCUT2D eigenvalue weighted by Crippen LogP contribution is -2.58. The van der Waals surface area contributed by atoms with E-state index in [0.29, 0.717) is 29.5 Å². The molecule has 4 aliphatic rings. The van der Waals surface area contributed by atoms with Crippen LogP contribution in [-0.4, -0.2) is 22.6 Å². The third-order valence-corrected chi connectivity index (χ3v) is 6.12. The Kier molecular flexibility index (Phi) is 3.32. The highest BCUT2D eigenvalue weighted by atomic mass is 15.2. The summed E-state index contributed by atoms with van der Waals surface area (Å²) >= 11 is 0. The van der Waals surface area contributed by atoms with Gasteiger partial charge in [-0.25, -0.2) is 0 Å². The Hall–Kier alpha value is -1.64. The molecule has 1 aromatic rings. The molecule has 0 heterocycles. The molecule has 116 valence electrons. The molecule has 1 aromatic carbocycles. The Morgan fingerprint density at radius 2 is 1.45 bits per heavy atom. The van der Waals surface area contributed by atoms with Crippen molar-refractivity contribution in [3.63, 3.8) is 0 Å². The van der Waals surface area contributed by atoms with E-state index in [0.717, 1.165) is 17.4 Å². The van der Waals surface area contributed by atoms with Gasteiger partial charge in [0.15, 0.2) is 0 Å². The maximum absolute atomic E-state index is 8.68. The highest BCUT2D eigenvalue weighted by Crippen LogP contribution is 2.55. The van der Waals surface area contributed by atoms with Crippen molar-refractivity contribution >= 4 is 11.7 Å². The molecule has 0 atom stereocenters. The second-order valence-electron chi connectivity index (χ2n) is 7.59. The van der Waals surface area contributed by atoms with Crippen molar-refractivity contribution in [2.24, 2.45) is 23.7 Å². The van der Waals surface area contributed by atoms with Crippen molar-refractivity contribution in [1.29, 1.82) is 10.8 Å². The van der Waals surface area contributed by atoms with Gasteiger partial charge in [0, 0.05) is 11.6 Å². The third-order valence-electron chi connectivity index (χ3n) is 6.12. The molecule has 4 bridgehead atoms. The van der Waals surface area contributed by atoms with Gasteiger partial charge in [0.2, 0.25) is 0 Å². The van der Waals surface area contributed by atoms with E-state index in [1.807, 2.05) is 42.2 Å². The van der Waals surface area contributed by atoms with Crippen molar-refractivity contribution in [3.05, 3.63) is 35.9 Å². The predicted molar refractivity (Wildman–Crippen MR) is 89.3 cm³/mol. The molecule has 0 aliphatic heterocycles. The lowest BCUT2D eigenvalue weighted by molar-refractivity contribution is -0.0299. The van der Waals surface area contributed by atoms with E-state index in [2.05, 4.69) is 0 Å². The van der Waals surface area contributed by atoms with Gasteiger partial charge in [-0.2, -0.15) is 0 Å². The zero-order chi connectivity index (χ0) is 15.3. The highest BCUT2D eigenvalue weighted by molar-refractivity contribution is 6.06. The molecule has 3 heteroatoms. The van der Waals surface area contributed by atoms with Gasteiger partial charge < -0.3 is 4.90 Å². The second kappa shape index (κ2) is 5.22. The van der Waals surface area contributed by atoms with Gasteiger partial charge in [-0.05, 0) is 62.7 Å². The second-order valence-corrected chi connectivity index (χ2v) is 7.59. The summed E-state index contributed by atoms with van der Waals surface area (Å²) in [6.45, 7) is 1.85. The van der Waals surface area contributed by atoms with Gasteiger partial charge in [0.05, 0.1) is 5.84 Å². The van der Waals surface area contributed by atoms with E-state index >= 15 is 0 Å². The lowest BCUT2D eigenvalue weighted by Gasteiger charge is -2.57. The van der Waals surface area contributed by atoms with Crippen LogP contribution in [0.15, 0.2) is 30.3 Å². The van der Waals surface area contributed by atoms with Crippen LogP contribution in [0.2, 0.25) is 0 Å². The summed E-state index contributed by atoms with van der Waals surface area (Å²) in [6.07, 6.45) is 6.74. The summed E-state index contributed by atoms with van der Waals surface area (Å²) in [7, 11) is 0. The van der Waals surface area contributed by atoms with Crippen LogP contribution in [-0.2, 0) is 0 Å². The highest BCUT2D eigenvalue weighted by Gasteiger charge is 2.51. The molecule has 3 nitrogen and oxygen atoms in total. The number of hydrogen-bond donors (Lipinski definition) is 2. The van der Waals surface area contributed by atoms with E-state index < -0.39 is 0 Å². The lowest BCUT2D eigenvalue weighted by atomic mass is 9.53. The smallest absolute Gasteiger partial charge is 0.133 e. The SMILES string of the molecule is CC(=N)N(C(=N)c1ccccc1)C1[C@H]2C[C@@H]3C[C@@H](C[C@H]1C3)C2. The first kappa shape index (κ1) is 14.0. The number of amidine groups is 2. The average Bonchev–Trinajstić information content (AvgIpc) is 2.50. The number of nitrogens with one attached hydrogen (secondary N) is 2. The van der Waals surface area contributed by atoms with Crippen molar-refractivity contribution in [1.82, 2.24) is 4.90 Å². The zero-order valence-electron chi connectivity index (χ0n) is 13.3. The summed E-state index contributed by atoms with van der Waals surface area (Å²) in [5.74, 6) is 4.30. The largest absolute Gasteiger partial charge is 0.312 e. The molecule has 0 saturated heterocycles. The summed E-state index contributed by atoms with van der Waals surface area (Å²) in [5, 5.41) is 17.0. The fourth-order valence-corrected chi connectivity index (χ4v) is 5.59. The van der Waals surface area contributed by atoms with Crippen molar-refractivity contribution in [2.75, 3.05) is 0 Å². The topological polar surface area (TPSA) is 50.9 Å². The monoisotopic (exact) mass is 295 g/mol. The third kappa shape index (κ3) is 2.18. The van der Waals surface area contributed by atoms with Crippen LogP contribution in [0.25, 0.3) is 0 Å². The first-order valence-electron chi connectivity index (χ1n) is 8.62. The normalized spacial score (nSPS) is 35.4. The summed E-state index contributed by atoms with van der Waals surface area (Å²) in [6, 6.07) is 10.3. The van der Waals surface area contributed by atoms with Crippen LogP contribution in [0.3, 0.4) is 0 Å². The van der Waals surface area contributed by atoms with E-state index in [1.54, 1.807) is 0 Å². The van der Waals surface area contributed by atoms with Crippen LogP contribution in [0, 0.1) is 34.5 Å². The van der Waals surface area contributed by atoms with Gasteiger partial charge >= 0.3 is 0 Å². The van der Waals surface area contributed by atoms with E-state index in [-0.39, 0.29) is 0 Å².